The van der Waals surface area contributed by atoms with Gasteiger partial charge in [0.2, 0.25) is 0 Å². The zero-order chi connectivity index (χ0) is 16.2. The molecule has 0 aliphatic carbocycles. The van der Waals surface area contributed by atoms with Crippen LogP contribution in [0, 0.1) is 6.92 Å². The van der Waals surface area contributed by atoms with E-state index in [9.17, 15) is 8.42 Å². The van der Waals surface area contributed by atoms with E-state index in [1.807, 2.05) is 19.1 Å². The molecule has 2 rings (SSSR count). The van der Waals surface area contributed by atoms with Crippen molar-refractivity contribution in [1.29, 1.82) is 0 Å². The van der Waals surface area contributed by atoms with Gasteiger partial charge in [-0.15, -0.1) is 0 Å². The van der Waals surface area contributed by atoms with E-state index in [1.165, 1.54) is 5.56 Å². The molecule has 4 heteroatoms. The number of benzene rings is 2. The molecule has 0 N–H and O–H groups in total. The van der Waals surface area contributed by atoms with Gasteiger partial charge in [0.25, 0.3) is 10.1 Å². The molecule has 0 saturated heterocycles. The maximum atomic E-state index is 12.1. The Balaban J connectivity index is 1.93. The monoisotopic (exact) mass is 318 g/mol. The lowest BCUT2D eigenvalue weighted by atomic mass is 10.0. The predicted molar refractivity (Wildman–Crippen MR) is 88.6 cm³/mol. The summed E-state index contributed by atoms with van der Waals surface area (Å²) in [6.07, 6.45) is 0.573. The van der Waals surface area contributed by atoms with Crippen LogP contribution in [0.1, 0.15) is 36.5 Å². The molecule has 0 aromatic heterocycles. The van der Waals surface area contributed by atoms with Crippen LogP contribution >= 0.6 is 0 Å². The fourth-order valence-corrected chi connectivity index (χ4v) is 3.02. The third-order valence-corrected chi connectivity index (χ3v) is 4.91. The predicted octanol–water partition coefficient (Wildman–Crippen LogP) is 4.07. The molecular formula is C18H22O3S. The summed E-state index contributed by atoms with van der Waals surface area (Å²) in [6, 6.07) is 14.9. The molecule has 0 saturated carbocycles. The second-order valence-corrected chi connectivity index (χ2v) is 7.35. The van der Waals surface area contributed by atoms with Gasteiger partial charge >= 0.3 is 0 Å². The van der Waals surface area contributed by atoms with E-state index < -0.39 is 10.1 Å². The highest BCUT2D eigenvalue weighted by molar-refractivity contribution is 7.86. The lowest BCUT2D eigenvalue weighted by Gasteiger charge is -2.08. The van der Waals surface area contributed by atoms with Crippen molar-refractivity contribution in [1.82, 2.24) is 0 Å². The Morgan fingerprint density at radius 1 is 0.955 bits per heavy atom. The Labute approximate surface area is 133 Å². The molecule has 0 radical (unpaired) electrons. The Bertz CT molecular complexity index is 699. The molecule has 0 aliphatic heterocycles. The molecule has 3 nitrogen and oxygen atoms in total. The van der Waals surface area contributed by atoms with Gasteiger partial charge in [-0.05, 0) is 42.5 Å². The second-order valence-electron chi connectivity index (χ2n) is 5.74. The van der Waals surface area contributed by atoms with Gasteiger partial charge in [-0.25, -0.2) is 0 Å². The third-order valence-electron chi connectivity index (χ3n) is 3.59. The fraction of sp³-hybridized carbons (Fsp3) is 0.333. The molecule has 2 aromatic rings. The van der Waals surface area contributed by atoms with Crippen molar-refractivity contribution in [3.8, 4) is 0 Å². The summed E-state index contributed by atoms with van der Waals surface area (Å²) in [5, 5.41) is 0. The molecule has 22 heavy (non-hydrogen) atoms. The maximum absolute atomic E-state index is 12.1. The maximum Gasteiger partial charge on any atom is 0.296 e. The molecule has 2 aromatic carbocycles. The first-order valence-electron chi connectivity index (χ1n) is 7.43. The highest BCUT2D eigenvalue weighted by atomic mass is 32.2. The van der Waals surface area contributed by atoms with Crippen LogP contribution in [0.4, 0.5) is 0 Å². The summed E-state index contributed by atoms with van der Waals surface area (Å²) in [4.78, 5) is 0.202. The van der Waals surface area contributed by atoms with Crippen LogP contribution in [-0.4, -0.2) is 15.0 Å². The Kier molecular flexibility index (Phi) is 5.37. The number of hydrogen-bond acceptors (Lipinski definition) is 3. The van der Waals surface area contributed by atoms with E-state index in [0.717, 1.165) is 11.1 Å². The van der Waals surface area contributed by atoms with Gasteiger partial charge in [0.15, 0.2) is 0 Å². The topological polar surface area (TPSA) is 43.4 Å². The summed E-state index contributed by atoms with van der Waals surface area (Å²) < 4.78 is 29.2. The van der Waals surface area contributed by atoms with E-state index in [4.69, 9.17) is 4.18 Å². The molecule has 0 spiro atoms. The van der Waals surface area contributed by atoms with Crippen LogP contribution in [0.2, 0.25) is 0 Å². The molecule has 0 atom stereocenters. The summed E-state index contributed by atoms with van der Waals surface area (Å²) in [6.45, 7) is 6.36. The minimum Gasteiger partial charge on any atom is -0.266 e. The second kappa shape index (κ2) is 7.07. The zero-order valence-corrected chi connectivity index (χ0v) is 14.1. The number of aryl methyl sites for hydroxylation is 1. The lowest BCUT2D eigenvalue weighted by molar-refractivity contribution is 0.322. The van der Waals surface area contributed by atoms with Crippen molar-refractivity contribution in [3.63, 3.8) is 0 Å². The van der Waals surface area contributed by atoms with E-state index in [1.54, 1.807) is 24.3 Å². The molecule has 0 heterocycles. The van der Waals surface area contributed by atoms with Crippen LogP contribution in [0.5, 0.6) is 0 Å². The van der Waals surface area contributed by atoms with Crippen molar-refractivity contribution in [3.05, 3.63) is 65.2 Å². The van der Waals surface area contributed by atoms with Crippen molar-refractivity contribution >= 4 is 10.1 Å². The third kappa shape index (κ3) is 4.42. The van der Waals surface area contributed by atoms with E-state index in [0.29, 0.717) is 12.3 Å². The summed E-state index contributed by atoms with van der Waals surface area (Å²) in [7, 11) is -3.67. The largest absolute Gasteiger partial charge is 0.296 e. The summed E-state index contributed by atoms with van der Waals surface area (Å²) >= 11 is 0. The van der Waals surface area contributed by atoms with Crippen LogP contribution in [0.25, 0.3) is 0 Å². The van der Waals surface area contributed by atoms with Crippen molar-refractivity contribution in [2.75, 3.05) is 6.61 Å². The molecule has 0 bridgehead atoms. The Morgan fingerprint density at radius 3 is 2.09 bits per heavy atom. The summed E-state index contributed by atoms with van der Waals surface area (Å²) in [5.41, 5.74) is 3.37. The summed E-state index contributed by atoms with van der Waals surface area (Å²) in [5.74, 6) is 0.493. The Hall–Kier alpha value is -1.65. The number of rotatable bonds is 6. The van der Waals surface area contributed by atoms with Crippen LogP contribution in [0.3, 0.4) is 0 Å². The van der Waals surface area contributed by atoms with Crippen LogP contribution in [0.15, 0.2) is 53.4 Å². The normalized spacial score (nSPS) is 11.8. The quantitative estimate of drug-likeness (QED) is 0.754. The highest BCUT2D eigenvalue weighted by Gasteiger charge is 2.14. The first-order valence-corrected chi connectivity index (χ1v) is 8.84. The standard InChI is InChI=1S/C18H22O3S/c1-14(2)17-8-6-16(7-9-17)12-13-21-22(19,20)18-10-4-15(3)5-11-18/h4-11,14H,12-13H2,1-3H3. The average molecular weight is 318 g/mol. The fourth-order valence-electron chi connectivity index (χ4n) is 2.11. The smallest absolute Gasteiger partial charge is 0.266 e. The van der Waals surface area contributed by atoms with Gasteiger partial charge < -0.3 is 0 Å². The average Bonchev–Trinajstić information content (AvgIpc) is 2.48. The van der Waals surface area contributed by atoms with Gasteiger partial charge in [0.05, 0.1) is 11.5 Å². The highest BCUT2D eigenvalue weighted by Crippen LogP contribution is 2.16. The molecular weight excluding hydrogens is 296 g/mol. The van der Waals surface area contributed by atoms with Crippen molar-refractivity contribution in [2.45, 2.75) is 38.0 Å². The van der Waals surface area contributed by atoms with Crippen LogP contribution in [-0.2, 0) is 20.7 Å². The van der Waals surface area contributed by atoms with Crippen LogP contribution < -0.4 is 0 Å². The van der Waals surface area contributed by atoms with Gasteiger partial charge in [-0.1, -0.05) is 55.8 Å². The molecule has 0 unspecified atom stereocenters. The minimum absolute atomic E-state index is 0.150. The van der Waals surface area contributed by atoms with Gasteiger partial charge in [0, 0.05) is 0 Å². The molecule has 118 valence electrons. The van der Waals surface area contributed by atoms with Crippen molar-refractivity contribution in [2.24, 2.45) is 0 Å². The lowest BCUT2D eigenvalue weighted by Crippen LogP contribution is -2.09. The SMILES string of the molecule is Cc1ccc(S(=O)(=O)OCCc2ccc(C(C)C)cc2)cc1. The molecule has 0 amide bonds. The van der Waals surface area contributed by atoms with E-state index >= 15 is 0 Å². The Morgan fingerprint density at radius 2 is 1.55 bits per heavy atom. The number of hydrogen-bond donors (Lipinski definition) is 0. The zero-order valence-electron chi connectivity index (χ0n) is 13.2. The van der Waals surface area contributed by atoms with Gasteiger partial charge in [0.1, 0.15) is 0 Å². The first-order chi connectivity index (χ1) is 10.4. The first kappa shape index (κ1) is 16.7. The van der Waals surface area contributed by atoms with E-state index in [-0.39, 0.29) is 11.5 Å². The van der Waals surface area contributed by atoms with Gasteiger partial charge in [-0.3, -0.25) is 4.18 Å². The molecule has 0 aliphatic rings. The van der Waals surface area contributed by atoms with Crippen molar-refractivity contribution < 1.29 is 12.6 Å². The van der Waals surface area contributed by atoms with Gasteiger partial charge in [-0.2, -0.15) is 8.42 Å². The molecule has 0 fully saturated rings. The van der Waals surface area contributed by atoms with E-state index in [2.05, 4.69) is 26.0 Å². The minimum atomic E-state index is -3.67.